The summed E-state index contributed by atoms with van der Waals surface area (Å²) in [6, 6.07) is -0.366. The van der Waals surface area contributed by atoms with Crippen LogP contribution < -0.4 is 10.6 Å². The second-order valence-electron chi connectivity index (χ2n) is 4.84. The molecule has 82 valence electrons. The Bertz CT molecular complexity index is 342. The maximum Gasteiger partial charge on any atom is 0.254 e. The van der Waals surface area contributed by atoms with Gasteiger partial charge in [-0.2, -0.15) is 0 Å². The number of carbonyl (C=O) groups is 1. The zero-order valence-electron chi connectivity index (χ0n) is 9.24. The van der Waals surface area contributed by atoms with Crippen LogP contribution in [-0.2, 0) is 4.79 Å². The number of hydrogen-bond donors (Lipinski definition) is 2. The zero-order chi connectivity index (χ0) is 11.2. The van der Waals surface area contributed by atoms with E-state index in [1.54, 1.807) is 6.34 Å². The third-order valence-electron chi connectivity index (χ3n) is 2.59. The Kier molecular flexibility index (Phi) is 1.99. The summed E-state index contributed by atoms with van der Waals surface area (Å²) in [4.78, 5) is 17.9. The van der Waals surface area contributed by atoms with Crippen LogP contribution in [0.5, 0.6) is 0 Å². The Morgan fingerprint density at radius 1 is 1.53 bits per heavy atom. The van der Waals surface area contributed by atoms with Gasteiger partial charge in [-0.25, -0.2) is 0 Å². The smallest absolute Gasteiger partial charge is 0.254 e. The second-order valence-corrected chi connectivity index (χ2v) is 4.84. The number of fused-ring (bicyclic) bond motifs is 1. The van der Waals surface area contributed by atoms with E-state index in [0.717, 1.165) is 0 Å². The van der Waals surface area contributed by atoms with Crippen molar-refractivity contribution in [2.75, 3.05) is 0 Å². The number of nitrogens with zero attached hydrogens (tertiary/aromatic N) is 2. The molecule has 2 N–H and O–H groups in total. The van der Waals surface area contributed by atoms with Gasteiger partial charge in [-0.05, 0) is 20.8 Å². The van der Waals surface area contributed by atoms with E-state index in [9.17, 15) is 4.79 Å². The van der Waals surface area contributed by atoms with Gasteiger partial charge >= 0.3 is 0 Å². The minimum atomic E-state index is -0.366. The van der Waals surface area contributed by atoms with E-state index in [-0.39, 0.29) is 23.7 Å². The number of hydrogen-bond acceptors (Lipinski definition) is 4. The Balaban J connectivity index is 2.25. The molecule has 2 unspecified atom stereocenters. The standard InChI is InChI=1S/C10H16N4O/c1-6-12-8-7(9(15)13-6)11-5-14(8)10(2,3)4/h5,7-8,12H,1H2,2-4H3,(H,13,15). The number of aliphatic imine (C=N–C) groups is 1. The van der Waals surface area contributed by atoms with Gasteiger partial charge in [0.1, 0.15) is 6.17 Å². The van der Waals surface area contributed by atoms with Gasteiger partial charge < -0.3 is 15.5 Å². The molecule has 2 rings (SSSR count). The maximum atomic E-state index is 11.6. The predicted molar refractivity (Wildman–Crippen MR) is 58.1 cm³/mol. The molecule has 15 heavy (non-hydrogen) atoms. The zero-order valence-corrected chi connectivity index (χ0v) is 9.24. The molecule has 0 radical (unpaired) electrons. The molecule has 5 nitrogen and oxygen atoms in total. The van der Waals surface area contributed by atoms with Gasteiger partial charge in [0.15, 0.2) is 6.04 Å². The normalized spacial score (nSPS) is 29.9. The third-order valence-corrected chi connectivity index (χ3v) is 2.59. The summed E-state index contributed by atoms with van der Waals surface area (Å²) >= 11 is 0. The van der Waals surface area contributed by atoms with E-state index in [4.69, 9.17) is 0 Å². The molecule has 1 amide bonds. The molecule has 0 saturated carbocycles. The van der Waals surface area contributed by atoms with Crippen LogP contribution in [0.1, 0.15) is 20.8 Å². The average Bonchev–Trinajstić information content (AvgIpc) is 2.45. The summed E-state index contributed by atoms with van der Waals surface area (Å²) in [6.45, 7) is 9.96. The lowest BCUT2D eigenvalue weighted by Crippen LogP contribution is -2.62. The summed E-state index contributed by atoms with van der Waals surface area (Å²) < 4.78 is 0. The fourth-order valence-electron chi connectivity index (χ4n) is 1.84. The van der Waals surface area contributed by atoms with Gasteiger partial charge in [0.2, 0.25) is 0 Å². The SMILES string of the molecule is C=C1NC(=O)C2N=CN(C(C)(C)C)C2N1. The summed E-state index contributed by atoms with van der Waals surface area (Å²) in [5, 5.41) is 5.78. The number of nitrogens with one attached hydrogen (secondary N) is 2. The van der Waals surface area contributed by atoms with Crippen molar-refractivity contribution >= 4 is 12.2 Å². The van der Waals surface area contributed by atoms with Crippen LogP contribution in [0.3, 0.4) is 0 Å². The highest BCUT2D eigenvalue weighted by molar-refractivity contribution is 5.88. The van der Waals surface area contributed by atoms with Gasteiger partial charge in [0.05, 0.1) is 12.2 Å². The lowest BCUT2D eigenvalue weighted by molar-refractivity contribution is -0.124. The molecule has 1 fully saturated rings. The van der Waals surface area contributed by atoms with Crippen LogP contribution in [-0.4, -0.2) is 34.9 Å². The van der Waals surface area contributed by atoms with Crippen LogP contribution in [0.2, 0.25) is 0 Å². The summed E-state index contributed by atoms with van der Waals surface area (Å²) in [5.74, 6) is 0.452. The van der Waals surface area contributed by atoms with Crippen molar-refractivity contribution in [3.05, 3.63) is 12.4 Å². The van der Waals surface area contributed by atoms with E-state index >= 15 is 0 Å². The molecule has 0 bridgehead atoms. The fourth-order valence-corrected chi connectivity index (χ4v) is 1.84. The number of carbonyl (C=O) groups excluding carboxylic acids is 1. The quantitative estimate of drug-likeness (QED) is 0.590. The molecular weight excluding hydrogens is 192 g/mol. The molecular formula is C10H16N4O. The van der Waals surface area contributed by atoms with Crippen molar-refractivity contribution in [1.82, 2.24) is 15.5 Å². The van der Waals surface area contributed by atoms with Gasteiger partial charge in [-0.1, -0.05) is 6.58 Å². The molecule has 2 aliphatic heterocycles. The van der Waals surface area contributed by atoms with Crippen LogP contribution in [0.25, 0.3) is 0 Å². The molecule has 5 heteroatoms. The molecule has 2 atom stereocenters. The van der Waals surface area contributed by atoms with Crippen LogP contribution >= 0.6 is 0 Å². The van der Waals surface area contributed by atoms with Crippen molar-refractivity contribution in [3.63, 3.8) is 0 Å². The highest BCUT2D eigenvalue weighted by Gasteiger charge is 2.43. The Labute approximate surface area is 89.2 Å². The van der Waals surface area contributed by atoms with Crippen molar-refractivity contribution in [2.45, 2.75) is 38.5 Å². The number of amides is 1. The second kappa shape index (κ2) is 2.98. The summed E-state index contributed by atoms with van der Waals surface area (Å²) in [5.41, 5.74) is -0.0617. The van der Waals surface area contributed by atoms with Gasteiger partial charge in [0, 0.05) is 5.54 Å². The highest BCUT2D eigenvalue weighted by Crippen LogP contribution is 2.24. The first-order valence-electron chi connectivity index (χ1n) is 4.97. The van der Waals surface area contributed by atoms with E-state index in [2.05, 4.69) is 43.0 Å². The molecule has 0 aromatic carbocycles. The Hall–Kier alpha value is -1.52. The molecule has 2 aliphatic rings. The third kappa shape index (κ3) is 1.58. The van der Waals surface area contributed by atoms with Gasteiger partial charge in [-0.3, -0.25) is 9.79 Å². The molecule has 0 spiro atoms. The van der Waals surface area contributed by atoms with Gasteiger partial charge in [0.25, 0.3) is 5.91 Å². The van der Waals surface area contributed by atoms with E-state index in [0.29, 0.717) is 5.82 Å². The summed E-state index contributed by atoms with van der Waals surface area (Å²) in [7, 11) is 0. The molecule has 1 saturated heterocycles. The monoisotopic (exact) mass is 208 g/mol. The largest absolute Gasteiger partial charge is 0.350 e. The van der Waals surface area contributed by atoms with Crippen molar-refractivity contribution in [2.24, 2.45) is 4.99 Å². The highest BCUT2D eigenvalue weighted by atomic mass is 16.2. The molecule has 0 aromatic heterocycles. The van der Waals surface area contributed by atoms with Crippen molar-refractivity contribution in [3.8, 4) is 0 Å². The average molecular weight is 208 g/mol. The van der Waals surface area contributed by atoms with E-state index < -0.39 is 0 Å². The van der Waals surface area contributed by atoms with E-state index in [1.165, 1.54) is 0 Å². The minimum Gasteiger partial charge on any atom is -0.350 e. The Morgan fingerprint density at radius 3 is 2.80 bits per heavy atom. The first-order chi connectivity index (χ1) is 6.89. The van der Waals surface area contributed by atoms with Gasteiger partial charge in [-0.15, -0.1) is 0 Å². The van der Waals surface area contributed by atoms with Crippen molar-refractivity contribution in [1.29, 1.82) is 0 Å². The molecule has 0 aromatic rings. The topological polar surface area (TPSA) is 56.7 Å². The lowest BCUT2D eigenvalue weighted by Gasteiger charge is -2.40. The Morgan fingerprint density at radius 2 is 2.20 bits per heavy atom. The fraction of sp³-hybridized carbons (Fsp3) is 0.600. The van der Waals surface area contributed by atoms with Crippen LogP contribution in [0.15, 0.2) is 17.4 Å². The predicted octanol–water partition coefficient (Wildman–Crippen LogP) is 0.0141. The van der Waals surface area contributed by atoms with Crippen LogP contribution in [0, 0.1) is 0 Å². The number of rotatable bonds is 0. The molecule has 2 heterocycles. The maximum absolute atomic E-state index is 11.6. The first-order valence-corrected chi connectivity index (χ1v) is 4.97. The van der Waals surface area contributed by atoms with Crippen LogP contribution in [0.4, 0.5) is 0 Å². The first kappa shape index (κ1) is 10.0. The molecule has 0 aliphatic carbocycles. The van der Waals surface area contributed by atoms with E-state index in [1.807, 2.05) is 4.90 Å². The minimum absolute atomic E-state index is 0.0617. The lowest BCUT2D eigenvalue weighted by atomic mass is 10.0. The summed E-state index contributed by atoms with van der Waals surface area (Å²) in [6.07, 6.45) is 1.63. The van der Waals surface area contributed by atoms with Crippen molar-refractivity contribution < 1.29 is 4.79 Å².